The van der Waals surface area contributed by atoms with Gasteiger partial charge in [0, 0.05) is 43.4 Å². The first kappa shape index (κ1) is 45.4. The van der Waals surface area contributed by atoms with Crippen molar-refractivity contribution in [3.05, 3.63) is 204 Å². The highest BCUT2D eigenvalue weighted by Crippen LogP contribution is 2.49. The van der Waals surface area contributed by atoms with E-state index in [4.69, 9.17) is 4.98 Å². The molecular weight excluding hydrogens is 889 g/mol. The third-order valence-electron chi connectivity index (χ3n) is 15.0. The van der Waals surface area contributed by atoms with Gasteiger partial charge >= 0.3 is 0 Å². The van der Waals surface area contributed by atoms with Gasteiger partial charge in [0.05, 0.1) is 61.3 Å². The summed E-state index contributed by atoms with van der Waals surface area (Å²) in [5.74, 6) is 0.730. The molecule has 0 atom stereocenters. The van der Waals surface area contributed by atoms with Crippen molar-refractivity contribution in [2.45, 2.75) is 78.6 Å². The van der Waals surface area contributed by atoms with Gasteiger partial charge in [-0.05, 0) is 105 Å². The molecule has 8 aromatic carbocycles. The second-order valence-electron chi connectivity index (χ2n) is 22.7. The lowest BCUT2D eigenvalue weighted by atomic mass is 9.86. The topological polar surface area (TPSA) is 75.3 Å². The van der Waals surface area contributed by atoms with Crippen molar-refractivity contribution in [2.75, 3.05) is 0 Å². The van der Waals surface area contributed by atoms with E-state index >= 15 is 0 Å². The molecule has 12 rings (SSSR count). The van der Waals surface area contributed by atoms with Gasteiger partial charge < -0.3 is 9.13 Å². The molecule has 0 unspecified atom stereocenters. The van der Waals surface area contributed by atoms with Crippen molar-refractivity contribution < 1.29 is 0 Å². The zero-order chi connectivity index (χ0) is 50.7. The molecule has 354 valence electrons. The van der Waals surface area contributed by atoms with Gasteiger partial charge in [-0.25, -0.2) is 4.98 Å². The van der Waals surface area contributed by atoms with Crippen molar-refractivity contribution in [1.29, 1.82) is 10.5 Å². The molecule has 0 aliphatic rings. The minimum absolute atomic E-state index is 0.0883. The van der Waals surface area contributed by atoms with E-state index in [1.165, 1.54) is 16.7 Å². The maximum atomic E-state index is 10.9. The Bertz CT molecular complexity index is 4330. The van der Waals surface area contributed by atoms with Crippen LogP contribution < -0.4 is 0 Å². The monoisotopic (exact) mass is 944 g/mol. The van der Waals surface area contributed by atoms with E-state index in [9.17, 15) is 10.5 Å². The second kappa shape index (κ2) is 16.4. The summed E-state index contributed by atoms with van der Waals surface area (Å²) in [5.41, 5.74) is 15.3. The zero-order valence-corrected chi connectivity index (χ0v) is 42.9. The number of aromatic nitrogens is 4. The average molecular weight is 945 g/mol. The van der Waals surface area contributed by atoms with Crippen LogP contribution in [0.5, 0.6) is 0 Å². The highest BCUT2D eigenvalue weighted by Gasteiger charge is 2.32. The minimum atomic E-state index is -0.103. The van der Waals surface area contributed by atoms with Crippen molar-refractivity contribution >= 4 is 65.4 Å². The van der Waals surface area contributed by atoms with Crippen molar-refractivity contribution in [2.24, 2.45) is 0 Å². The molecule has 0 N–H and O–H groups in total. The largest absolute Gasteiger partial charge is 0.306 e. The number of hydrogen-bond acceptors (Lipinski definition) is 3. The molecular formula is C67H56N6. The molecule has 0 aliphatic carbocycles. The smallest absolute Gasteiger partial charge is 0.163 e. The number of rotatable bonds is 5. The van der Waals surface area contributed by atoms with E-state index in [1.807, 2.05) is 12.1 Å². The van der Waals surface area contributed by atoms with Gasteiger partial charge in [0.2, 0.25) is 0 Å². The quantitative estimate of drug-likeness (QED) is 0.172. The maximum absolute atomic E-state index is 10.9. The van der Waals surface area contributed by atoms with Crippen LogP contribution >= 0.6 is 0 Å². The van der Waals surface area contributed by atoms with Crippen molar-refractivity contribution in [3.8, 4) is 51.7 Å². The number of nitrogens with zero attached hydrogens (tertiary/aromatic N) is 6. The van der Waals surface area contributed by atoms with E-state index in [-0.39, 0.29) is 16.2 Å². The van der Waals surface area contributed by atoms with Crippen LogP contribution in [0.3, 0.4) is 0 Å². The lowest BCUT2D eigenvalue weighted by Gasteiger charge is -2.27. The first-order valence-electron chi connectivity index (χ1n) is 25.3. The van der Waals surface area contributed by atoms with Gasteiger partial charge in [0.1, 0.15) is 12.1 Å². The van der Waals surface area contributed by atoms with Crippen LogP contribution in [0.25, 0.3) is 105 Å². The Kier molecular flexibility index (Phi) is 10.2. The Hall–Kier alpha value is -8.71. The van der Waals surface area contributed by atoms with Crippen molar-refractivity contribution in [3.63, 3.8) is 0 Å². The van der Waals surface area contributed by atoms with Crippen LogP contribution in [0.1, 0.15) is 90.1 Å². The normalized spacial score (nSPS) is 12.4. The first-order chi connectivity index (χ1) is 35.0. The summed E-state index contributed by atoms with van der Waals surface area (Å²) in [5, 5.41) is 28.2. The van der Waals surface area contributed by atoms with Gasteiger partial charge in [-0.1, -0.05) is 172 Å². The standard InChI is InChI=1S/C67H56N6/c1-65(2,3)45-29-32-57-51(36-45)48-21-13-16-24-54(48)71(57)62-60(42-27-28-43(39-68)44(35-42)40-69)63(72-55-25-17-14-22-49(55)52-37-46(66(4,5)6)30-33-58(52)72)64(70-61(62)41-19-11-10-12-20-41)73-56-26-18-15-23-50(56)53-38-47(67(7,8)9)31-34-59(53)73/h10-38H,1-9H3. The average Bonchev–Trinajstić information content (AvgIpc) is 4.02. The summed E-state index contributed by atoms with van der Waals surface area (Å²) in [6.45, 7) is 20.4. The van der Waals surface area contributed by atoms with E-state index < -0.39 is 0 Å². The fraction of sp³-hybridized carbons (Fsp3) is 0.179. The fourth-order valence-electron chi connectivity index (χ4n) is 11.1. The van der Waals surface area contributed by atoms with Crippen LogP contribution in [0.4, 0.5) is 0 Å². The number of fused-ring (bicyclic) bond motifs is 9. The van der Waals surface area contributed by atoms with Crippen LogP contribution in [-0.2, 0) is 16.2 Å². The number of benzene rings is 8. The summed E-state index contributed by atoms with van der Waals surface area (Å²) in [7, 11) is 0. The van der Waals surface area contributed by atoms with Crippen LogP contribution in [0.15, 0.2) is 176 Å². The zero-order valence-electron chi connectivity index (χ0n) is 42.9. The summed E-state index contributed by atoms with van der Waals surface area (Å²) >= 11 is 0. The van der Waals surface area contributed by atoms with E-state index in [2.05, 4.69) is 246 Å². The third-order valence-corrected chi connectivity index (χ3v) is 15.0. The number of pyridine rings is 1. The van der Waals surface area contributed by atoms with Gasteiger partial charge in [0.25, 0.3) is 0 Å². The summed E-state index contributed by atoms with van der Waals surface area (Å²) in [6, 6.07) is 67.8. The van der Waals surface area contributed by atoms with Gasteiger partial charge in [-0.2, -0.15) is 10.5 Å². The predicted molar refractivity (Wildman–Crippen MR) is 304 cm³/mol. The molecule has 0 saturated heterocycles. The third kappa shape index (κ3) is 7.15. The van der Waals surface area contributed by atoms with Crippen LogP contribution in [-0.4, -0.2) is 18.7 Å². The molecule has 0 spiro atoms. The lowest BCUT2D eigenvalue weighted by molar-refractivity contribution is 0.591. The van der Waals surface area contributed by atoms with Crippen LogP contribution in [0, 0.1) is 22.7 Å². The molecule has 0 saturated carbocycles. The van der Waals surface area contributed by atoms with Gasteiger partial charge in [-0.3, -0.25) is 4.57 Å². The molecule has 6 nitrogen and oxygen atoms in total. The Morgan fingerprint density at radius 1 is 0.356 bits per heavy atom. The summed E-state index contributed by atoms with van der Waals surface area (Å²) in [6.07, 6.45) is 0. The SMILES string of the molecule is CC(C)(C)c1ccc2c(c1)c1ccccc1n2-c1nc(-c2ccccc2)c(-n2c3ccccc3c3cc(C(C)(C)C)ccc32)c(-c2ccc(C#N)c(C#N)c2)c1-n1c2ccccc2c2cc(C(C)(C)C)ccc21. The highest BCUT2D eigenvalue weighted by molar-refractivity contribution is 6.15. The molecule has 73 heavy (non-hydrogen) atoms. The van der Waals surface area contributed by atoms with Gasteiger partial charge in [0.15, 0.2) is 5.82 Å². The second-order valence-corrected chi connectivity index (χ2v) is 22.7. The molecule has 0 bridgehead atoms. The Labute approximate surface area is 426 Å². The van der Waals surface area contributed by atoms with E-state index in [0.29, 0.717) is 11.1 Å². The lowest BCUT2D eigenvalue weighted by Crippen LogP contribution is -2.14. The first-order valence-corrected chi connectivity index (χ1v) is 25.3. The minimum Gasteiger partial charge on any atom is -0.306 e. The predicted octanol–water partition coefficient (Wildman–Crippen LogP) is 17.3. The van der Waals surface area contributed by atoms with E-state index in [0.717, 1.165) is 105 Å². The van der Waals surface area contributed by atoms with Crippen LogP contribution in [0.2, 0.25) is 0 Å². The molecule has 0 radical (unpaired) electrons. The molecule has 0 aliphatic heterocycles. The molecule has 4 aromatic heterocycles. The Balaban J connectivity index is 1.40. The maximum Gasteiger partial charge on any atom is 0.163 e. The molecule has 0 amide bonds. The molecule has 4 heterocycles. The van der Waals surface area contributed by atoms with Crippen molar-refractivity contribution in [1.82, 2.24) is 18.7 Å². The Morgan fingerprint density at radius 2 is 0.753 bits per heavy atom. The molecule has 6 heteroatoms. The number of hydrogen-bond donors (Lipinski definition) is 0. The number of para-hydroxylation sites is 3. The Morgan fingerprint density at radius 3 is 1.21 bits per heavy atom. The van der Waals surface area contributed by atoms with E-state index in [1.54, 1.807) is 6.07 Å². The highest BCUT2D eigenvalue weighted by atomic mass is 15.1. The summed E-state index contributed by atoms with van der Waals surface area (Å²) < 4.78 is 7.20. The fourth-order valence-corrected chi connectivity index (χ4v) is 11.1. The molecule has 12 aromatic rings. The van der Waals surface area contributed by atoms with Gasteiger partial charge in [-0.15, -0.1) is 0 Å². The summed E-state index contributed by atoms with van der Waals surface area (Å²) in [4.78, 5) is 6.18. The molecule has 0 fully saturated rings. The number of nitriles is 2.